The minimum Gasteiger partial charge on any atom is -0.388 e. The molecular formula is C6H12N3O8P. The Morgan fingerprint density at radius 3 is 2.39 bits per heavy atom. The van der Waals surface area contributed by atoms with Gasteiger partial charge in [0, 0.05) is 4.91 Å². The van der Waals surface area contributed by atoms with E-state index in [4.69, 9.17) is 20.1 Å². The first-order valence-electron chi connectivity index (χ1n) is 4.70. The lowest BCUT2D eigenvalue weighted by Gasteiger charge is -2.39. The van der Waals surface area contributed by atoms with E-state index in [1.165, 1.54) is 0 Å². The van der Waals surface area contributed by atoms with Crippen LogP contribution >= 0.6 is 7.82 Å². The van der Waals surface area contributed by atoms with Gasteiger partial charge in [0.1, 0.15) is 18.3 Å². The SMILES string of the molecule is [N-]=[N+]=NC[C@@H]1O[C@H](OP(=O)(O)O)[C@@H](O)[C@H](O)[C@@H]1O. The molecule has 0 bridgehead atoms. The minimum absolute atomic E-state index is 0.400. The van der Waals surface area contributed by atoms with Gasteiger partial charge in [-0.05, 0) is 5.53 Å². The quantitative estimate of drug-likeness (QED) is 0.173. The molecule has 0 saturated carbocycles. The molecule has 104 valence electrons. The maximum atomic E-state index is 10.6. The number of nitrogens with zero attached hydrogens (tertiary/aromatic N) is 3. The van der Waals surface area contributed by atoms with Crippen LogP contribution in [0.15, 0.2) is 5.11 Å². The molecule has 18 heavy (non-hydrogen) atoms. The second kappa shape index (κ2) is 5.93. The van der Waals surface area contributed by atoms with E-state index in [2.05, 4.69) is 14.5 Å². The Morgan fingerprint density at radius 1 is 1.28 bits per heavy atom. The van der Waals surface area contributed by atoms with E-state index >= 15 is 0 Å². The molecule has 0 aromatic rings. The first kappa shape index (κ1) is 15.3. The van der Waals surface area contributed by atoms with Crippen molar-refractivity contribution >= 4 is 7.82 Å². The first-order chi connectivity index (χ1) is 8.26. The Morgan fingerprint density at radius 2 is 1.89 bits per heavy atom. The van der Waals surface area contributed by atoms with Crippen LogP contribution in [0.1, 0.15) is 0 Å². The Labute approximate surface area is 100 Å². The summed E-state index contributed by atoms with van der Waals surface area (Å²) < 4.78 is 19.5. The Bertz CT molecular complexity index is 381. The van der Waals surface area contributed by atoms with Gasteiger partial charge in [-0.2, -0.15) is 0 Å². The first-order valence-corrected chi connectivity index (χ1v) is 6.23. The molecule has 11 nitrogen and oxygen atoms in total. The van der Waals surface area contributed by atoms with Crippen molar-refractivity contribution < 1.29 is 38.9 Å². The number of phosphoric ester groups is 1. The Hall–Kier alpha value is -0.740. The topological polar surface area (TPSA) is 185 Å². The summed E-state index contributed by atoms with van der Waals surface area (Å²) in [6, 6.07) is 0. The molecule has 0 aromatic heterocycles. The number of hydrogen-bond acceptors (Lipinski definition) is 7. The van der Waals surface area contributed by atoms with E-state index in [1.807, 2.05) is 0 Å². The predicted molar refractivity (Wildman–Crippen MR) is 53.8 cm³/mol. The molecule has 0 aliphatic carbocycles. The molecule has 0 aromatic carbocycles. The molecule has 1 aliphatic heterocycles. The van der Waals surface area contributed by atoms with Crippen LogP contribution in [-0.4, -0.2) is 62.4 Å². The van der Waals surface area contributed by atoms with Crippen molar-refractivity contribution in [3.8, 4) is 0 Å². The van der Waals surface area contributed by atoms with Gasteiger partial charge in [0.05, 0.1) is 12.6 Å². The van der Waals surface area contributed by atoms with Gasteiger partial charge in [0.25, 0.3) is 0 Å². The molecular weight excluding hydrogens is 273 g/mol. The zero-order chi connectivity index (χ0) is 13.9. The van der Waals surface area contributed by atoms with Crippen molar-refractivity contribution in [3.63, 3.8) is 0 Å². The van der Waals surface area contributed by atoms with E-state index in [9.17, 15) is 19.9 Å². The summed E-state index contributed by atoms with van der Waals surface area (Å²) in [6.07, 6.45) is -8.29. The zero-order valence-electron chi connectivity index (χ0n) is 8.84. The van der Waals surface area contributed by atoms with Gasteiger partial charge in [0.2, 0.25) is 0 Å². The summed E-state index contributed by atoms with van der Waals surface area (Å²) >= 11 is 0. The fourth-order valence-corrected chi connectivity index (χ4v) is 1.85. The highest BCUT2D eigenvalue weighted by molar-refractivity contribution is 7.46. The lowest BCUT2D eigenvalue weighted by molar-refractivity contribution is -0.273. The van der Waals surface area contributed by atoms with Crippen LogP contribution in [0.3, 0.4) is 0 Å². The van der Waals surface area contributed by atoms with Crippen molar-refractivity contribution in [2.45, 2.75) is 30.7 Å². The Balaban J connectivity index is 2.80. The van der Waals surface area contributed by atoms with Crippen molar-refractivity contribution in [1.82, 2.24) is 0 Å². The lowest BCUT2D eigenvalue weighted by Crippen LogP contribution is -2.58. The van der Waals surface area contributed by atoms with Crippen molar-refractivity contribution in [1.29, 1.82) is 0 Å². The molecule has 1 aliphatic rings. The molecule has 0 amide bonds. The number of hydrogen-bond donors (Lipinski definition) is 5. The average Bonchev–Trinajstić information content (AvgIpc) is 2.27. The maximum absolute atomic E-state index is 10.6. The highest BCUT2D eigenvalue weighted by atomic mass is 31.2. The molecule has 5 N–H and O–H groups in total. The third kappa shape index (κ3) is 3.89. The van der Waals surface area contributed by atoms with Crippen LogP contribution in [0, 0.1) is 0 Å². The smallest absolute Gasteiger partial charge is 0.388 e. The normalized spacial score (nSPS) is 37.1. The standard InChI is InChI=1S/C6H12N3O8P/c7-9-8-1-2-3(10)4(11)5(12)6(16-2)17-18(13,14)15/h2-6,10-12H,1H2,(H2,13,14,15)/t2-,3+,4+,5-,6+/m0/s1. The molecule has 5 atom stereocenters. The lowest BCUT2D eigenvalue weighted by atomic mass is 9.99. The number of rotatable bonds is 4. The molecule has 0 spiro atoms. The van der Waals surface area contributed by atoms with Gasteiger partial charge >= 0.3 is 7.82 Å². The van der Waals surface area contributed by atoms with E-state index in [0.717, 1.165) is 0 Å². The van der Waals surface area contributed by atoms with E-state index in [-0.39, 0.29) is 0 Å². The number of azide groups is 1. The largest absolute Gasteiger partial charge is 0.472 e. The number of aliphatic hydroxyl groups excluding tert-OH is 3. The summed E-state index contributed by atoms with van der Waals surface area (Å²) in [4.78, 5) is 19.6. The third-order valence-corrected chi connectivity index (χ3v) is 2.72. The van der Waals surface area contributed by atoms with Crippen LogP contribution in [-0.2, 0) is 13.8 Å². The highest BCUT2D eigenvalue weighted by Crippen LogP contribution is 2.40. The molecule has 1 rings (SSSR count). The fraction of sp³-hybridized carbons (Fsp3) is 1.00. The van der Waals surface area contributed by atoms with Gasteiger partial charge < -0.3 is 29.8 Å². The van der Waals surface area contributed by atoms with E-state index in [1.54, 1.807) is 0 Å². The van der Waals surface area contributed by atoms with Crippen molar-refractivity contribution in [3.05, 3.63) is 10.4 Å². The van der Waals surface area contributed by atoms with Gasteiger partial charge in [-0.15, -0.1) is 0 Å². The average molecular weight is 285 g/mol. The molecule has 1 saturated heterocycles. The minimum atomic E-state index is -4.95. The number of aliphatic hydroxyl groups is 3. The van der Waals surface area contributed by atoms with Gasteiger partial charge in [-0.1, -0.05) is 5.11 Å². The number of phosphoric acid groups is 1. The van der Waals surface area contributed by atoms with Crippen LogP contribution in [0.4, 0.5) is 0 Å². The monoisotopic (exact) mass is 285 g/mol. The summed E-state index contributed by atoms with van der Waals surface area (Å²) in [6.45, 7) is -0.400. The second-order valence-corrected chi connectivity index (χ2v) is 4.72. The summed E-state index contributed by atoms with van der Waals surface area (Å²) in [7, 11) is -4.95. The number of ether oxygens (including phenoxy) is 1. The van der Waals surface area contributed by atoms with Crippen LogP contribution in [0.2, 0.25) is 0 Å². The molecule has 1 heterocycles. The summed E-state index contributed by atoms with van der Waals surface area (Å²) in [5.74, 6) is 0. The van der Waals surface area contributed by atoms with Crippen LogP contribution in [0.5, 0.6) is 0 Å². The Kier molecular flexibility index (Phi) is 5.05. The van der Waals surface area contributed by atoms with Crippen molar-refractivity contribution in [2.24, 2.45) is 5.11 Å². The van der Waals surface area contributed by atoms with E-state index < -0.39 is 45.1 Å². The fourth-order valence-electron chi connectivity index (χ4n) is 1.41. The van der Waals surface area contributed by atoms with Crippen LogP contribution in [0.25, 0.3) is 10.4 Å². The second-order valence-electron chi connectivity index (χ2n) is 3.52. The molecule has 1 fully saturated rings. The third-order valence-electron chi connectivity index (χ3n) is 2.23. The van der Waals surface area contributed by atoms with Gasteiger partial charge in [-0.3, -0.25) is 4.52 Å². The highest BCUT2D eigenvalue weighted by Gasteiger charge is 2.46. The van der Waals surface area contributed by atoms with Crippen molar-refractivity contribution in [2.75, 3.05) is 6.54 Å². The molecule has 12 heteroatoms. The molecule has 0 radical (unpaired) electrons. The van der Waals surface area contributed by atoms with E-state index in [0.29, 0.717) is 0 Å². The van der Waals surface area contributed by atoms with Gasteiger partial charge in [0.15, 0.2) is 6.29 Å². The van der Waals surface area contributed by atoms with Crippen LogP contribution < -0.4 is 0 Å². The van der Waals surface area contributed by atoms with Gasteiger partial charge in [-0.25, -0.2) is 4.57 Å². The molecule has 0 unspecified atom stereocenters. The summed E-state index contributed by atoms with van der Waals surface area (Å²) in [5.41, 5.74) is 8.11. The predicted octanol–water partition coefficient (Wildman–Crippen LogP) is -1.79. The maximum Gasteiger partial charge on any atom is 0.472 e. The summed E-state index contributed by atoms with van der Waals surface area (Å²) in [5, 5.41) is 31.4. The zero-order valence-corrected chi connectivity index (χ0v) is 9.74.